The van der Waals surface area contributed by atoms with Crippen LogP contribution >= 0.6 is 0 Å². The molecule has 1 heterocycles. The van der Waals surface area contributed by atoms with Gasteiger partial charge in [0.2, 0.25) is 0 Å². The van der Waals surface area contributed by atoms with Crippen molar-refractivity contribution in [1.82, 2.24) is 9.78 Å². The average molecular weight is 245 g/mol. The molecule has 4 heteroatoms. The minimum atomic E-state index is 0.699. The zero-order valence-electron chi connectivity index (χ0n) is 10.7. The fourth-order valence-corrected chi connectivity index (χ4v) is 1.81. The predicted molar refractivity (Wildman–Crippen MR) is 72.6 cm³/mol. The quantitative estimate of drug-likeness (QED) is 0.628. The van der Waals surface area contributed by atoms with Gasteiger partial charge in [0.15, 0.2) is 5.75 Å². The van der Waals surface area contributed by atoms with Crippen LogP contribution in [0.1, 0.15) is 18.9 Å². The van der Waals surface area contributed by atoms with Crippen LogP contribution in [0.3, 0.4) is 0 Å². The van der Waals surface area contributed by atoms with Crippen LogP contribution in [0.5, 0.6) is 5.75 Å². The fraction of sp³-hybridized carbons (Fsp3) is 0.357. The minimum absolute atomic E-state index is 0.699. The van der Waals surface area contributed by atoms with Gasteiger partial charge in [0.1, 0.15) is 0 Å². The first-order valence-electron chi connectivity index (χ1n) is 6.27. The highest BCUT2D eigenvalue weighted by molar-refractivity contribution is 5.40. The third kappa shape index (κ3) is 3.52. The number of aryl methyl sites for hydroxylation is 2. The van der Waals surface area contributed by atoms with E-state index in [0.717, 1.165) is 30.8 Å². The number of nitrogens with zero attached hydrogens (tertiary/aromatic N) is 2. The van der Waals surface area contributed by atoms with E-state index in [2.05, 4.69) is 18.1 Å². The monoisotopic (exact) mass is 245 g/mol. The van der Waals surface area contributed by atoms with Gasteiger partial charge in [-0.05, 0) is 37.5 Å². The zero-order valence-corrected chi connectivity index (χ0v) is 10.7. The molecular formula is C14H19N3O. The molecule has 0 amide bonds. The summed E-state index contributed by atoms with van der Waals surface area (Å²) in [6.07, 6.45) is 5.62. The molecule has 96 valence electrons. The summed E-state index contributed by atoms with van der Waals surface area (Å²) in [6, 6.07) is 7.98. The summed E-state index contributed by atoms with van der Waals surface area (Å²) in [5.74, 6) is 0.837. The number of aromatic nitrogens is 2. The van der Waals surface area contributed by atoms with Gasteiger partial charge in [-0.1, -0.05) is 12.1 Å². The van der Waals surface area contributed by atoms with Gasteiger partial charge in [-0.25, -0.2) is 0 Å². The molecule has 0 radical (unpaired) electrons. The van der Waals surface area contributed by atoms with Gasteiger partial charge in [0.05, 0.1) is 19.0 Å². The molecule has 0 saturated heterocycles. The van der Waals surface area contributed by atoms with Crippen molar-refractivity contribution in [2.24, 2.45) is 0 Å². The Kier molecular flexibility index (Phi) is 4.23. The molecule has 18 heavy (non-hydrogen) atoms. The Morgan fingerprint density at radius 1 is 1.39 bits per heavy atom. The first kappa shape index (κ1) is 12.5. The molecule has 2 aromatic rings. The Labute approximate surface area is 107 Å². The highest BCUT2D eigenvalue weighted by Gasteiger charge is 1.98. The van der Waals surface area contributed by atoms with Crippen LogP contribution in [0, 0.1) is 0 Å². The summed E-state index contributed by atoms with van der Waals surface area (Å²) in [7, 11) is 0. The maximum Gasteiger partial charge on any atom is 0.157 e. The van der Waals surface area contributed by atoms with Crippen molar-refractivity contribution in [1.29, 1.82) is 0 Å². The Bertz CT molecular complexity index is 493. The second-order valence-corrected chi connectivity index (χ2v) is 4.23. The first-order valence-corrected chi connectivity index (χ1v) is 6.27. The van der Waals surface area contributed by atoms with E-state index in [9.17, 15) is 0 Å². The number of anilines is 1. The maximum atomic E-state index is 5.73. The maximum absolute atomic E-state index is 5.73. The number of benzene rings is 1. The molecule has 0 bridgehead atoms. The number of nitrogens with two attached hydrogens (primary N) is 1. The Hall–Kier alpha value is -1.97. The van der Waals surface area contributed by atoms with Crippen LogP contribution in [0.2, 0.25) is 0 Å². The number of ether oxygens (including phenoxy) is 1. The second-order valence-electron chi connectivity index (χ2n) is 4.23. The summed E-state index contributed by atoms with van der Waals surface area (Å²) in [5.41, 5.74) is 7.80. The van der Waals surface area contributed by atoms with E-state index >= 15 is 0 Å². The van der Waals surface area contributed by atoms with Crippen molar-refractivity contribution < 1.29 is 4.74 Å². The second kappa shape index (κ2) is 6.10. The van der Waals surface area contributed by atoms with Crippen LogP contribution in [-0.2, 0) is 13.0 Å². The summed E-state index contributed by atoms with van der Waals surface area (Å²) in [5, 5.41) is 4.16. The van der Waals surface area contributed by atoms with E-state index in [1.807, 2.05) is 29.1 Å². The van der Waals surface area contributed by atoms with Crippen molar-refractivity contribution in [2.45, 2.75) is 26.3 Å². The fourth-order valence-electron chi connectivity index (χ4n) is 1.81. The molecule has 0 saturated carbocycles. The van der Waals surface area contributed by atoms with Gasteiger partial charge in [-0.15, -0.1) is 0 Å². The molecule has 0 aliphatic heterocycles. The summed E-state index contributed by atoms with van der Waals surface area (Å²) in [4.78, 5) is 0. The number of nitrogen functional groups attached to an aromatic ring is 1. The molecule has 2 N–H and O–H groups in total. The molecule has 0 spiro atoms. The molecule has 0 aliphatic carbocycles. The highest BCUT2D eigenvalue weighted by atomic mass is 16.5. The molecule has 1 aromatic carbocycles. The topological polar surface area (TPSA) is 53.1 Å². The van der Waals surface area contributed by atoms with Gasteiger partial charge >= 0.3 is 0 Å². The Morgan fingerprint density at radius 2 is 2.28 bits per heavy atom. The predicted octanol–water partition coefficient (Wildman–Crippen LogP) is 2.50. The molecule has 0 unspecified atom stereocenters. The van der Waals surface area contributed by atoms with E-state index < -0.39 is 0 Å². The van der Waals surface area contributed by atoms with E-state index in [4.69, 9.17) is 10.5 Å². The zero-order chi connectivity index (χ0) is 12.8. The normalized spacial score (nSPS) is 10.5. The summed E-state index contributed by atoms with van der Waals surface area (Å²) >= 11 is 0. The van der Waals surface area contributed by atoms with E-state index in [1.165, 1.54) is 5.56 Å². The lowest BCUT2D eigenvalue weighted by Gasteiger charge is -2.04. The van der Waals surface area contributed by atoms with E-state index in [0.29, 0.717) is 6.61 Å². The Balaban J connectivity index is 1.72. The smallest absolute Gasteiger partial charge is 0.157 e. The molecular weight excluding hydrogens is 226 g/mol. The van der Waals surface area contributed by atoms with Gasteiger partial charge < -0.3 is 10.5 Å². The first-order chi connectivity index (χ1) is 8.78. The van der Waals surface area contributed by atoms with Crippen LogP contribution in [-0.4, -0.2) is 16.4 Å². The SMILES string of the molecule is CCn1cc(OCCCc2cccc(N)c2)cn1. The highest BCUT2D eigenvalue weighted by Crippen LogP contribution is 2.11. The van der Waals surface area contributed by atoms with Crippen molar-refractivity contribution >= 4 is 5.69 Å². The van der Waals surface area contributed by atoms with Crippen molar-refractivity contribution in [2.75, 3.05) is 12.3 Å². The number of hydrogen-bond donors (Lipinski definition) is 1. The summed E-state index contributed by atoms with van der Waals surface area (Å²) in [6.45, 7) is 3.62. The Morgan fingerprint density at radius 3 is 3.00 bits per heavy atom. The van der Waals surface area contributed by atoms with Gasteiger partial charge in [0.25, 0.3) is 0 Å². The van der Waals surface area contributed by atoms with Crippen LogP contribution in [0.4, 0.5) is 5.69 Å². The standard InChI is InChI=1S/C14H19N3O/c1-2-17-11-14(10-16-17)18-8-4-6-12-5-3-7-13(15)9-12/h3,5,7,9-11H,2,4,6,8,15H2,1H3. The van der Waals surface area contributed by atoms with Crippen LogP contribution < -0.4 is 10.5 Å². The minimum Gasteiger partial charge on any atom is -0.490 e. The van der Waals surface area contributed by atoms with Crippen molar-refractivity contribution in [3.8, 4) is 5.75 Å². The van der Waals surface area contributed by atoms with E-state index in [1.54, 1.807) is 6.20 Å². The molecule has 4 nitrogen and oxygen atoms in total. The lowest BCUT2D eigenvalue weighted by Crippen LogP contribution is -1.99. The third-order valence-electron chi connectivity index (χ3n) is 2.76. The van der Waals surface area contributed by atoms with Gasteiger partial charge in [-0.3, -0.25) is 4.68 Å². The average Bonchev–Trinajstić information content (AvgIpc) is 2.83. The van der Waals surface area contributed by atoms with Gasteiger partial charge in [-0.2, -0.15) is 5.10 Å². The van der Waals surface area contributed by atoms with Crippen molar-refractivity contribution in [3.05, 3.63) is 42.2 Å². The number of rotatable bonds is 6. The van der Waals surface area contributed by atoms with Crippen LogP contribution in [0.25, 0.3) is 0 Å². The molecule has 0 fully saturated rings. The van der Waals surface area contributed by atoms with Gasteiger partial charge in [0, 0.05) is 12.2 Å². The van der Waals surface area contributed by atoms with Crippen molar-refractivity contribution in [3.63, 3.8) is 0 Å². The summed E-state index contributed by atoms with van der Waals surface area (Å²) < 4.78 is 7.48. The molecule has 1 aromatic heterocycles. The molecule has 0 atom stereocenters. The molecule has 2 rings (SSSR count). The van der Waals surface area contributed by atoms with E-state index in [-0.39, 0.29) is 0 Å². The third-order valence-corrected chi connectivity index (χ3v) is 2.76. The lowest BCUT2D eigenvalue weighted by molar-refractivity contribution is 0.310. The largest absolute Gasteiger partial charge is 0.490 e. The number of hydrogen-bond acceptors (Lipinski definition) is 3. The lowest BCUT2D eigenvalue weighted by atomic mass is 10.1. The van der Waals surface area contributed by atoms with Crippen LogP contribution in [0.15, 0.2) is 36.7 Å². The molecule has 0 aliphatic rings.